The summed E-state index contributed by atoms with van der Waals surface area (Å²) >= 11 is 1.71. The van der Waals surface area contributed by atoms with E-state index in [1.54, 1.807) is 30.4 Å². The van der Waals surface area contributed by atoms with Gasteiger partial charge in [0.2, 0.25) is 5.95 Å². The van der Waals surface area contributed by atoms with Gasteiger partial charge < -0.3 is 10.2 Å². The van der Waals surface area contributed by atoms with Crippen molar-refractivity contribution in [2.75, 3.05) is 29.1 Å². The Balaban J connectivity index is 1.55. The summed E-state index contributed by atoms with van der Waals surface area (Å²) in [6.45, 7) is 4.03. The van der Waals surface area contributed by atoms with Crippen molar-refractivity contribution in [3.8, 4) is 0 Å². The fraction of sp³-hybridized carbons (Fsp3) is 0.467. The summed E-state index contributed by atoms with van der Waals surface area (Å²) in [7, 11) is 0. The van der Waals surface area contributed by atoms with Crippen molar-refractivity contribution < 1.29 is 0 Å². The van der Waals surface area contributed by atoms with Gasteiger partial charge in [-0.25, -0.2) is 15.0 Å². The first kappa shape index (κ1) is 15.0. The Morgan fingerprint density at radius 1 is 1.23 bits per heavy atom. The smallest absolute Gasteiger partial charge is 0.225 e. The Morgan fingerprint density at radius 3 is 2.73 bits per heavy atom. The minimum absolute atomic E-state index is 0.427. The van der Waals surface area contributed by atoms with Crippen molar-refractivity contribution in [1.29, 1.82) is 0 Å². The highest BCUT2D eigenvalue weighted by atomic mass is 32.2. The molecule has 1 N–H and O–H groups in total. The van der Waals surface area contributed by atoms with Crippen LogP contribution >= 0.6 is 11.8 Å². The molecule has 1 aliphatic heterocycles. The van der Waals surface area contributed by atoms with Crippen molar-refractivity contribution >= 4 is 23.5 Å². The number of anilines is 2. The zero-order valence-corrected chi connectivity index (χ0v) is 13.5. The number of piperidine rings is 1. The van der Waals surface area contributed by atoms with E-state index < -0.39 is 0 Å². The molecule has 2 aromatic heterocycles. The number of nitrogens with one attached hydrogen (secondary N) is 1. The second-order valence-corrected chi connectivity index (χ2v) is 6.41. The Hall–Kier alpha value is -1.89. The van der Waals surface area contributed by atoms with Crippen LogP contribution in [0.5, 0.6) is 0 Å². The topological polar surface area (TPSA) is 66.8 Å². The van der Waals surface area contributed by atoms with E-state index in [1.807, 2.05) is 12.3 Å². The quantitative estimate of drug-likeness (QED) is 0.850. The summed E-state index contributed by atoms with van der Waals surface area (Å²) in [5.41, 5.74) is 0. The molecule has 0 atom stereocenters. The van der Waals surface area contributed by atoms with E-state index in [-0.39, 0.29) is 0 Å². The van der Waals surface area contributed by atoms with Gasteiger partial charge in [-0.3, -0.25) is 4.98 Å². The van der Waals surface area contributed by atoms with E-state index in [9.17, 15) is 0 Å². The van der Waals surface area contributed by atoms with Gasteiger partial charge in [-0.15, -0.1) is 11.8 Å². The number of rotatable bonds is 5. The third-order valence-corrected chi connectivity index (χ3v) is 4.37. The molecule has 0 saturated carbocycles. The lowest BCUT2D eigenvalue weighted by molar-refractivity contribution is 0.518. The molecule has 22 heavy (non-hydrogen) atoms. The average molecular weight is 316 g/mol. The molecule has 3 rings (SSSR count). The number of hydrogen-bond acceptors (Lipinski definition) is 7. The molecule has 0 aromatic carbocycles. The summed E-state index contributed by atoms with van der Waals surface area (Å²) in [6.07, 6.45) is 9.29. The largest absolute Gasteiger partial charge is 0.366 e. The SMILES string of the molecule is CCSc1cncc(NC2CCN(c3ncccn3)CC2)n1. The van der Waals surface area contributed by atoms with Gasteiger partial charge in [0.25, 0.3) is 0 Å². The maximum Gasteiger partial charge on any atom is 0.225 e. The second kappa shape index (κ2) is 7.40. The summed E-state index contributed by atoms with van der Waals surface area (Å²) in [6, 6.07) is 2.27. The first-order chi connectivity index (χ1) is 10.8. The minimum atomic E-state index is 0.427. The normalized spacial score (nSPS) is 15.8. The van der Waals surface area contributed by atoms with Crippen LogP contribution in [0.3, 0.4) is 0 Å². The number of nitrogens with zero attached hydrogens (tertiary/aromatic N) is 5. The molecule has 7 heteroatoms. The summed E-state index contributed by atoms with van der Waals surface area (Å²) in [5.74, 6) is 2.70. The molecule has 3 heterocycles. The van der Waals surface area contributed by atoms with Gasteiger partial charge in [0, 0.05) is 31.5 Å². The predicted octanol–water partition coefficient (Wildman–Crippen LogP) is 2.46. The average Bonchev–Trinajstić information content (AvgIpc) is 2.57. The molecule has 2 aromatic rings. The van der Waals surface area contributed by atoms with Crippen LogP contribution in [-0.2, 0) is 0 Å². The standard InChI is InChI=1S/C15H20N6S/c1-2-22-14-11-16-10-13(20-14)19-12-4-8-21(9-5-12)15-17-6-3-7-18-15/h3,6-7,10-12H,2,4-5,8-9H2,1H3,(H,19,20). The Labute approximate surface area is 134 Å². The van der Waals surface area contributed by atoms with Crippen LogP contribution in [0.4, 0.5) is 11.8 Å². The molecule has 0 radical (unpaired) electrons. The van der Waals surface area contributed by atoms with Gasteiger partial charge in [0.15, 0.2) is 0 Å². The highest BCUT2D eigenvalue weighted by molar-refractivity contribution is 7.99. The summed E-state index contributed by atoms with van der Waals surface area (Å²) in [4.78, 5) is 19.7. The van der Waals surface area contributed by atoms with Crippen molar-refractivity contribution in [2.24, 2.45) is 0 Å². The summed E-state index contributed by atoms with van der Waals surface area (Å²) < 4.78 is 0. The van der Waals surface area contributed by atoms with Crippen LogP contribution in [0.1, 0.15) is 19.8 Å². The fourth-order valence-electron chi connectivity index (χ4n) is 2.52. The lowest BCUT2D eigenvalue weighted by atomic mass is 10.1. The molecule has 116 valence electrons. The summed E-state index contributed by atoms with van der Waals surface area (Å²) in [5, 5.41) is 4.47. The number of hydrogen-bond donors (Lipinski definition) is 1. The monoisotopic (exact) mass is 316 g/mol. The lowest BCUT2D eigenvalue weighted by Gasteiger charge is -2.32. The van der Waals surface area contributed by atoms with Crippen LogP contribution in [-0.4, -0.2) is 44.8 Å². The maximum absolute atomic E-state index is 4.58. The van der Waals surface area contributed by atoms with Crippen LogP contribution in [0.2, 0.25) is 0 Å². The van der Waals surface area contributed by atoms with Crippen LogP contribution in [0, 0.1) is 0 Å². The van der Waals surface area contributed by atoms with Crippen LogP contribution < -0.4 is 10.2 Å². The van der Waals surface area contributed by atoms with Gasteiger partial charge in [-0.1, -0.05) is 6.92 Å². The molecule has 0 aliphatic carbocycles. The molecule has 0 spiro atoms. The van der Waals surface area contributed by atoms with E-state index >= 15 is 0 Å². The van der Waals surface area contributed by atoms with E-state index in [1.165, 1.54) is 0 Å². The zero-order chi connectivity index (χ0) is 15.2. The molecule has 0 bridgehead atoms. The first-order valence-electron chi connectivity index (χ1n) is 7.58. The Kier molecular flexibility index (Phi) is 5.05. The maximum atomic E-state index is 4.58. The van der Waals surface area contributed by atoms with Gasteiger partial charge >= 0.3 is 0 Å². The lowest BCUT2D eigenvalue weighted by Crippen LogP contribution is -2.40. The third kappa shape index (κ3) is 3.85. The van der Waals surface area contributed by atoms with Gasteiger partial charge in [0.1, 0.15) is 10.8 Å². The van der Waals surface area contributed by atoms with Crippen molar-refractivity contribution in [3.05, 3.63) is 30.9 Å². The number of aromatic nitrogens is 4. The highest BCUT2D eigenvalue weighted by Gasteiger charge is 2.21. The molecule has 0 unspecified atom stereocenters. The molecule has 1 fully saturated rings. The molecule has 1 saturated heterocycles. The first-order valence-corrected chi connectivity index (χ1v) is 8.57. The minimum Gasteiger partial charge on any atom is -0.366 e. The predicted molar refractivity (Wildman–Crippen MR) is 89.3 cm³/mol. The van der Waals surface area contributed by atoms with Gasteiger partial charge in [-0.05, 0) is 24.7 Å². The van der Waals surface area contributed by atoms with Crippen molar-refractivity contribution in [2.45, 2.75) is 30.8 Å². The zero-order valence-electron chi connectivity index (χ0n) is 12.6. The molecular weight excluding hydrogens is 296 g/mol. The van der Waals surface area contributed by atoms with E-state index in [0.29, 0.717) is 6.04 Å². The number of thioether (sulfide) groups is 1. The van der Waals surface area contributed by atoms with Crippen LogP contribution in [0.15, 0.2) is 35.9 Å². The second-order valence-electron chi connectivity index (χ2n) is 5.13. The molecule has 6 nitrogen and oxygen atoms in total. The van der Waals surface area contributed by atoms with E-state index in [0.717, 1.165) is 48.5 Å². The highest BCUT2D eigenvalue weighted by Crippen LogP contribution is 2.20. The van der Waals surface area contributed by atoms with Crippen LogP contribution in [0.25, 0.3) is 0 Å². The molecule has 0 amide bonds. The van der Waals surface area contributed by atoms with Crippen molar-refractivity contribution in [1.82, 2.24) is 19.9 Å². The van der Waals surface area contributed by atoms with Gasteiger partial charge in [-0.2, -0.15) is 0 Å². The Morgan fingerprint density at radius 2 is 2.00 bits per heavy atom. The van der Waals surface area contributed by atoms with Crippen molar-refractivity contribution in [3.63, 3.8) is 0 Å². The van der Waals surface area contributed by atoms with E-state index in [2.05, 4.69) is 37.1 Å². The fourth-order valence-corrected chi connectivity index (χ4v) is 3.12. The van der Waals surface area contributed by atoms with E-state index in [4.69, 9.17) is 0 Å². The van der Waals surface area contributed by atoms with Gasteiger partial charge in [0.05, 0.1) is 12.4 Å². The third-order valence-electron chi connectivity index (χ3n) is 3.59. The molecular formula is C15H20N6S. The molecule has 1 aliphatic rings. The Bertz CT molecular complexity index is 586.